The number of hydrogen-bond acceptors (Lipinski definition) is 4. The molecule has 0 N–H and O–H groups in total. The third-order valence-electron chi connectivity index (χ3n) is 8.96. The molecular formula is C40H23N3O. The van der Waals surface area contributed by atoms with Gasteiger partial charge in [-0.2, -0.15) is 0 Å². The molecule has 1 aliphatic heterocycles. The standard InChI is InChI=1S/C40H23N3O/c1-2-10-26-23-35-31(21-25(26)9-1)29-15-7-11-24-12-8-17-34(38(24)29)43(35)40-41-33-16-5-3-14-30(33)39(42-40)27-19-20-37-32(22-27)28-13-4-6-18-36(28)44-37/h1-23H. The Morgan fingerprint density at radius 1 is 0.477 bits per heavy atom. The topological polar surface area (TPSA) is 42.2 Å². The van der Waals surface area contributed by atoms with Crippen LogP contribution in [0.2, 0.25) is 0 Å². The third kappa shape index (κ3) is 3.28. The van der Waals surface area contributed by atoms with Crippen molar-refractivity contribution in [3.63, 3.8) is 0 Å². The molecule has 4 nitrogen and oxygen atoms in total. The number of para-hydroxylation sites is 2. The molecule has 0 aliphatic carbocycles. The quantitative estimate of drug-likeness (QED) is 0.211. The molecule has 44 heavy (non-hydrogen) atoms. The van der Waals surface area contributed by atoms with Crippen molar-refractivity contribution >= 4 is 71.7 Å². The molecule has 0 saturated carbocycles. The Kier molecular flexibility index (Phi) is 4.69. The SMILES string of the molecule is c1ccc2cc3c(cc2c1)-c1cccc2cccc(c12)N3c1nc(-c2ccc3oc4ccccc4c3c2)c2ccccc2n1. The second-order valence-corrected chi connectivity index (χ2v) is 11.4. The summed E-state index contributed by atoms with van der Waals surface area (Å²) in [6, 6.07) is 49.0. The Balaban J connectivity index is 1.29. The highest BCUT2D eigenvalue weighted by molar-refractivity contribution is 6.15. The van der Waals surface area contributed by atoms with E-state index in [9.17, 15) is 0 Å². The summed E-state index contributed by atoms with van der Waals surface area (Å²) in [7, 11) is 0. The van der Waals surface area contributed by atoms with Gasteiger partial charge in [0.2, 0.25) is 5.95 Å². The van der Waals surface area contributed by atoms with Crippen LogP contribution in [0.15, 0.2) is 144 Å². The lowest BCUT2D eigenvalue weighted by molar-refractivity contribution is 0.669. The highest BCUT2D eigenvalue weighted by Crippen LogP contribution is 2.51. The molecule has 0 fully saturated rings. The van der Waals surface area contributed by atoms with Gasteiger partial charge in [-0.25, -0.2) is 9.97 Å². The number of furan rings is 1. The number of fused-ring (bicyclic) bond motifs is 7. The summed E-state index contributed by atoms with van der Waals surface area (Å²) >= 11 is 0. The van der Waals surface area contributed by atoms with Crippen molar-refractivity contribution in [1.82, 2.24) is 9.97 Å². The fraction of sp³-hybridized carbons (Fsp3) is 0. The van der Waals surface area contributed by atoms with E-state index >= 15 is 0 Å². The van der Waals surface area contributed by atoms with Crippen LogP contribution in [0.25, 0.3) is 76.8 Å². The molecule has 0 saturated heterocycles. The van der Waals surface area contributed by atoms with Crippen LogP contribution < -0.4 is 4.90 Å². The number of anilines is 3. The molecule has 0 unspecified atom stereocenters. The highest BCUT2D eigenvalue weighted by atomic mass is 16.3. The van der Waals surface area contributed by atoms with E-state index in [1.54, 1.807) is 0 Å². The number of aromatic nitrogens is 2. The van der Waals surface area contributed by atoms with Crippen LogP contribution in [0, 0.1) is 0 Å². The van der Waals surface area contributed by atoms with Crippen LogP contribution in [0.1, 0.15) is 0 Å². The van der Waals surface area contributed by atoms with Gasteiger partial charge < -0.3 is 4.42 Å². The third-order valence-corrected chi connectivity index (χ3v) is 8.96. The van der Waals surface area contributed by atoms with Crippen molar-refractivity contribution in [2.75, 3.05) is 4.90 Å². The minimum absolute atomic E-state index is 0.648. The summed E-state index contributed by atoms with van der Waals surface area (Å²) in [5.41, 5.74) is 9.14. The van der Waals surface area contributed by atoms with Gasteiger partial charge in [-0.15, -0.1) is 0 Å². The van der Waals surface area contributed by atoms with Crippen LogP contribution >= 0.6 is 0 Å². The van der Waals surface area contributed by atoms with Crippen LogP contribution in [-0.2, 0) is 0 Å². The largest absolute Gasteiger partial charge is 0.456 e. The van der Waals surface area contributed by atoms with E-state index in [0.29, 0.717) is 5.95 Å². The number of hydrogen-bond donors (Lipinski definition) is 0. The van der Waals surface area contributed by atoms with Crippen LogP contribution in [0.4, 0.5) is 17.3 Å². The van der Waals surface area contributed by atoms with E-state index in [2.05, 4.69) is 126 Å². The summed E-state index contributed by atoms with van der Waals surface area (Å²) < 4.78 is 6.15. The average molecular weight is 562 g/mol. The molecule has 0 amide bonds. The average Bonchev–Trinajstić information content (AvgIpc) is 3.45. The normalized spacial score (nSPS) is 12.5. The van der Waals surface area contributed by atoms with Gasteiger partial charge in [0, 0.05) is 32.7 Å². The lowest BCUT2D eigenvalue weighted by Gasteiger charge is -2.32. The van der Waals surface area contributed by atoms with Gasteiger partial charge in [-0.05, 0) is 70.3 Å². The summed E-state index contributed by atoms with van der Waals surface area (Å²) in [4.78, 5) is 12.9. The van der Waals surface area contributed by atoms with Crippen molar-refractivity contribution in [2.45, 2.75) is 0 Å². The van der Waals surface area contributed by atoms with Gasteiger partial charge in [0.15, 0.2) is 0 Å². The van der Waals surface area contributed by atoms with Crippen LogP contribution in [0.3, 0.4) is 0 Å². The van der Waals surface area contributed by atoms with E-state index in [-0.39, 0.29) is 0 Å². The zero-order valence-corrected chi connectivity index (χ0v) is 23.5. The molecule has 204 valence electrons. The Morgan fingerprint density at radius 2 is 1.20 bits per heavy atom. The van der Waals surface area contributed by atoms with Gasteiger partial charge in [0.05, 0.1) is 22.6 Å². The summed E-state index contributed by atoms with van der Waals surface area (Å²) in [6.45, 7) is 0. The second kappa shape index (κ2) is 8.76. The van der Waals surface area contributed by atoms with E-state index < -0.39 is 0 Å². The maximum atomic E-state index is 6.15. The van der Waals surface area contributed by atoms with E-state index in [0.717, 1.165) is 55.5 Å². The molecule has 2 aromatic heterocycles. The van der Waals surface area contributed by atoms with E-state index in [1.165, 1.54) is 32.7 Å². The van der Waals surface area contributed by atoms with Crippen molar-refractivity contribution in [2.24, 2.45) is 0 Å². The van der Waals surface area contributed by atoms with Crippen molar-refractivity contribution < 1.29 is 4.42 Å². The van der Waals surface area contributed by atoms with Crippen molar-refractivity contribution in [1.29, 1.82) is 0 Å². The molecule has 1 aliphatic rings. The highest BCUT2D eigenvalue weighted by Gasteiger charge is 2.29. The monoisotopic (exact) mass is 561 g/mol. The lowest BCUT2D eigenvalue weighted by Crippen LogP contribution is -2.18. The molecule has 0 radical (unpaired) electrons. The predicted octanol–water partition coefficient (Wildman–Crippen LogP) is 11.0. The first-order valence-electron chi connectivity index (χ1n) is 14.8. The predicted molar refractivity (Wildman–Crippen MR) is 181 cm³/mol. The molecular weight excluding hydrogens is 538 g/mol. The Bertz CT molecular complexity index is 2630. The smallest absolute Gasteiger partial charge is 0.235 e. The zero-order valence-electron chi connectivity index (χ0n) is 23.5. The van der Waals surface area contributed by atoms with E-state index in [1.807, 2.05) is 18.2 Å². The maximum absolute atomic E-state index is 6.15. The Labute approximate surface area is 252 Å². The maximum Gasteiger partial charge on any atom is 0.235 e. The molecule has 0 spiro atoms. The second-order valence-electron chi connectivity index (χ2n) is 11.4. The van der Waals surface area contributed by atoms with Crippen LogP contribution in [0.5, 0.6) is 0 Å². The first-order chi connectivity index (χ1) is 21.8. The Morgan fingerprint density at radius 3 is 2.11 bits per heavy atom. The van der Waals surface area contributed by atoms with E-state index in [4.69, 9.17) is 14.4 Å². The van der Waals surface area contributed by atoms with Gasteiger partial charge in [-0.3, -0.25) is 4.90 Å². The molecule has 3 heterocycles. The van der Waals surface area contributed by atoms with Crippen molar-refractivity contribution in [3.8, 4) is 22.4 Å². The minimum Gasteiger partial charge on any atom is -0.456 e. The summed E-state index contributed by atoms with van der Waals surface area (Å²) in [5, 5.41) is 7.99. The van der Waals surface area contributed by atoms with Gasteiger partial charge in [0.1, 0.15) is 11.2 Å². The first-order valence-corrected chi connectivity index (χ1v) is 14.8. The minimum atomic E-state index is 0.648. The molecule has 10 rings (SSSR count). The fourth-order valence-electron chi connectivity index (χ4n) is 6.96. The first kappa shape index (κ1) is 23.6. The molecule has 0 atom stereocenters. The van der Waals surface area contributed by atoms with Crippen molar-refractivity contribution in [3.05, 3.63) is 140 Å². The lowest BCUT2D eigenvalue weighted by atomic mass is 9.89. The van der Waals surface area contributed by atoms with Gasteiger partial charge in [-0.1, -0.05) is 91.0 Å². The summed E-state index contributed by atoms with van der Waals surface area (Å²) in [6.07, 6.45) is 0. The molecule has 9 aromatic rings. The Hall–Kier alpha value is -6.00. The zero-order chi connectivity index (χ0) is 28.8. The van der Waals surface area contributed by atoms with Gasteiger partial charge in [0.25, 0.3) is 0 Å². The van der Waals surface area contributed by atoms with Gasteiger partial charge >= 0.3 is 0 Å². The molecule has 0 bridgehead atoms. The fourth-order valence-corrected chi connectivity index (χ4v) is 6.96. The number of nitrogens with zero attached hydrogens (tertiary/aromatic N) is 3. The number of benzene rings is 7. The molecule has 4 heteroatoms. The van der Waals surface area contributed by atoms with Crippen LogP contribution in [-0.4, -0.2) is 9.97 Å². The summed E-state index contributed by atoms with van der Waals surface area (Å²) in [5.74, 6) is 0.648. The number of rotatable bonds is 2. The molecule has 7 aromatic carbocycles.